The van der Waals surface area contributed by atoms with E-state index in [1.54, 1.807) is 24.8 Å². The third-order valence-electron chi connectivity index (χ3n) is 3.31. The van der Waals surface area contributed by atoms with Crippen molar-refractivity contribution >= 4 is 11.6 Å². The van der Waals surface area contributed by atoms with Gasteiger partial charge in [0.15, 0.2) is 0 Å². The molecule has 3 rings (SSSR count). The van der Waals surface area contributed by atoms with Gasteiger partial charge in [0.1, 0.15) is 0 Å². The molecular weight excluding hydrogens is 278 g/mol. The zero-order valence-electron chi connectivity index (χ0n) is 11.8. The number of carbonyl (C=O) groups is 1. The second-order valence-electron chi connectivity index (χ2n) is 4.78. The predicted molar refractivity (Wildman–Crippen MR) is 83.6 cm³/mol. The van der Waals surface area contributed by atoms with Gasteiger partial charge in [-0.25, -0.2) is 4.98 Å². The monoisotopic (exact) mass is 293 g/mol. The number of aromatic nitrogens is 3. The molecule has 6 heteroatoms. The number of nitrogens with one attached hydrogen (secondary N) is 1. The Morgan fingerprint density at radius 2 is 1.95 bits per heavy atom. The number of benzene rings is 1. The Kier molecular flexibility index (Phi) is 3.82. The Hall–Kier alpha value is -3.15. The van der Waals surface area contributed by atoms with Gasteiger partial charge >= 0.3 is 0 Å². The molecule has 6 nitrogen and oxygen atoms in total. The summed E-state index contributed by atoms with van der Waals surface area (Å²) in [4.78, 5) is 19.3. The Morgan fingerprint density at radius 3 is 2.64 bits per heavy atom. The second kappa shape index (κ2) is 6.09. The van der Waals surface area contributed by atoms with E-state index >= 15 is 0 Å². The van der Waals surface area contributed by atoms with Gasteiger partial charge < -0.3 is 15.6 Å². The number of primary amides is 1. The maximum atomic E-state index is 11.3. The maximum Gasteiger partial charge on any atom is 0.252 e. The summed E-state index contributed by atoms with van der Waals surface area (Å²) in [5.41, 5.74) is 8.54. The van der Waals surface area contributed by atoms with Gasteiger partial charge in [-0.15, -0.1) is 0 Å². The number of pyridine rings is 1. The standard InChI is InChI=1S/C16H15N5O/c17-16(22)14-10-18-6-5-15(14)20-9-12-1-3-13(4-2-12)21-8-7-19-11-21/h1-8,10-11H,9H2,(H2,17,22)(H,18,20). The fourth-order valence-electron chi connectivity index (χ4n) is 2.14. The number of nitrogens with two attached hydrogens (primary N) is 1. The predicted octanol–water partition coefficient (Wildman–Crippen LogP) is 1.98. The van der Waals surface area contributed by atoms with Crippen LogP contribution >= 0.6 is 0 Å². The highest BCUT2D eigenvalue weighted by Crippen LogP contribution is 2.15. The summed E-state index contributed by atoms with van der Waals surface area (Å²) in [6, 6.07) is 9.81. The molecule has 0 spiro atoms. The van der Waals surface area contributed by atoms with Gasteiger partial charge in [-0.3, -0.25) is 9.78 Å². The van der Waals surface area contributed by atoms with Crippen molar-refractivity contribution in [2.45, 2.75) is 6.54 Å². The topological polar surface area (TPSA) is 85.8 Å². The van der Waals surface area contributed by atoms with E-state index in [1.807, 2.05) is 35.0 Å². The van der Waals surface area contributed by atoms with Crippen molar-refractivity contribution in [3.8, 4) is 5.69 Å². The van der Waals surface area contributed by atoms with Crippen molar-refractivity contribution in [1.29, 1.82) is 0 Å². The fraction of sp³-hybridized carbons (Fsp3) is 0.0625. The number of imidazole rings is 1. The minimum atomic E-state index is -0.494. The number of anilines is 1. The summed E-state index contributed by atoms with van der Waals surface area (Å²) >= 11 is 0. The second-order valence-corrected chi connectivity index (χ2v) is 4.78. The molecule has 3 N–H and O–H groups in total. The van der Waals surface area contributed by atoms with Gasteiger partial charge in [-0.2, -0.15) is 0 Å². The van der Waals surface area contributed by atoms with Crippen molar-refractivity contribution < 1.29 is 4.79 Å². The molecule has 1 aromatic carbocycles. The molecule has 0 aliphatic carbocycles. The van der Waals surface area contributed by atoms with E-state index in [4.69, 9.17) is 5.73 Å². The van der Waals surface area contributed by atoms with Gasteiger partial charge in [0, 0.05) is 37.0 Å². The van der Waals surface area contributed by atoms with E-state index in [1.165, 1.54) is 6.20 Å². The van der Waals surface area contributed by atoms with Crippen molar-refractivity contribution in [3.05, 3.63) is 72.6 Å². The highest BCUT2D eigenvalue weighted by molar-refractivity contribution is 5.98. The van der Waals surface area contributed by atoms with E-state index in [0.29, 0.717) is 17.8 Å². The summed E-state index contributed by atoms with van der Waals surface area (Å²) in [5.74, 6) is -0.494. The molecule has 0 aliphatic rings. The van der Waals surface area contributed by atoms with Crippen LogP contribution in [0.3, 0.4) is 0 Å². The smallest absolute Gasteiger partial charge is 0.252 e. The molecule has 22 heavy (non-hydrogen) atoms. The molecular formula is C16H15N5O. The van der Waals surface area contributed by atoms with Crippen LogP contribution < -0.4 is 11.1 Å². The van der Waals surface area contributed by atoms with Crippen LogP contribution in [-0.2, 0) is 6.54 Å². The molecule has 0 bridgehead atoms. The van der Waals surface area contributed by atoms with Gasteiger partial charge in [0.05, 0.1) is 17.6 Å². The lowest BCUT2D eigenvalue weighted by Gasteiger charge is -2.10. The first kappa shape index (κ1) is 13.8. The molecule has 1 amide bonds. The molecule has 0 fully saturated rings. The quantitative estimate of drug-likeness (QED) is 0.753. The molecule has 0 saturated carbocycles. The van der Waals surface area contributed by atoms with E-state index < -0.39 is 5.91 Å². The van der Waals surface area contributed by atoms with Crippen LogP contribution in [0.2, 0.25) is 0 Å². The van der Waals surface area contributed by atoms with Crippen molar-refractivity contribution in [2.24, 2.45) is 5.73 Å². The lowest BCUT2D eigenvalue weighted by Crippen LogP contribution is -2.14. The van der Waals surface area contributed by atoms with E-state index in [-0.39, 0.29) is 0 Å². The highest BCUT2D eigenvalue weighted by Gasteiger charge is 2.07. The number of hydrogen-bond acceptors (Lipinski definition) is 4. The molecule has 110 valence electrons. The lowest BCUT2D eigenvalue weighted by molar-refractivity contribution is 0.100. The van der Waals surface area contributed by atoms with Crippen molar-refractivity contribution in [1.82, 2.24) is 14.5 Å². The van der Waals surface area contributed by atoms with Crippen molar-refractivity contribution in [2.75, 3.05) is 5.32 Å². The Balaban J connectivity index is 1.71. The van der Waals surface area contributed by atoms with Crippen LogP contribution in [0.4, 0.5) is 5.69 Å². The third kappa shape index (κ3) is 2.95. The van der Waals surface area contributed by atoms with E-state index in [9.17, 15) is 4.79 Å². The summed E-state index contributed by atoms with van der Waals surface area (Å²) in [6.07, 6.45) is 8.47. The van der Waals surface area contributed by atoms with Crippen LogP contribution in [0, 0.1) is 0 Å². The summed E-state index contributed by atoms with van der Waals surface area (Å²) < 4.78 is 1.94. The zero-order valence-corrected chi connectivity index (χ0v) is 11.8. The molecule has 0 radical (unpaired) electrons. The molecule has 3 aromatic rings. The molecule has 2 heterocycles. The number of amides is 1. The lowest BCUT2D eigenvalue weighted by atomic mass is 10.2. The third-order valence-corrected chi connectivity index (χ3v) is 3.31. The number of hydrogen-bond donors (Lipinski definition) is 2. The van der Waals surface area contributed by atoms with Crippen LogP contribution in [0.15, 0.2) is 61.4 Å². The first-order chi connectivity index (χ1) is 10.7. The average Bonchev–Trinajstić information content (AvgIpc) is 3.08. The molecule has 0 saturated heterocycles. The first-order valence-electron chi connectivity index (χ1n) is 6.79. The van der Waals surface area contributed by atoms with Crippen LogP contribution in [0.25, 0.3) is 5.69 Å². The van der Waals surface area contributed by atoms with Gasteiger partial charge in [-0.05, 0) is 23.8 Å². The fourth-order valence-corrected chi connectivity index (χ4v) is 2.14. The van der Waals surface area contributed by atoms with Crippen LogP contribution in [0.5, 0.6) is 0 Å². The van der Waals surface area contributed by atoms with Crippen LogP contribution in [0.1, 0.15) is 15.9 Å². The van der Waals surface area contributed by atoms with Crippen LogP contribution in [-0.4, -0.2) is 20.4 Å². The largest absolute Gasteiger partial charge is 0.380 e. The molecule has 0 aliphatic heterocycles. The summed E-state index contributed by atoms with van der Waals surface area (Å²) in [5, 5.41) is 3.21. The van der Waals surface area contributed by atoms with E-state index in [0.717, 1.165) is 11.3 Å². The van der Waals surface area contributed by atoms with Gasteiger partial charge in [0.2, 0.25) is 0 Å². The molecule has 0 unspecified atom stereocenters. The minimum absolute atomic E-state index is 0.387. The normalized spacial score (nSPS) is 10.4. The number of nitrogens with zero attached hydrogens (tertiary/aromatic N) is 3. The summed E-state index contributed by atoms with van der Waals surface area (Å²) in [6.45, 7) is 0.592. The average molecular weight is 293 g/mol. The molecule has 2 aromatic heterocycles. The highest BCUT2D eigenvalue weighted by atomic mass is 16.1. The maximum absolute atomic E-state index is 11.3. The van der Waals surface area contributed by atoms with Gasteiger partial charge in [-0.1, -0.05) is 12.1 Å². The Labute approximate surface area is 127 Å². The minimum Gasteiger partial charge on any atom is -0.380 e. The molecule has 0 atom stereocenters. The SMILES string of the molecule is NC(=O)c1cnccc1NCc1ccc(-n2ccnc2)cc1. The number of rotatable bonds is 5. The van der Waals surface area contributed by atoms with E-state index in [2.05, 4.69) is 15.3 Å². The summed E-state index contributed by atoms with van der Waals surface area (Å²) in [7, 11) is 0. The number of carbonyl (C=O) groups excluding carboxylic acids is 1. The Morgan fingerprint density at radius 1 is 1.14 bits per heavy atom. The van der Waals surface area contributed by atoms with Gasteiger partial charge in [0.25, 0.3) is 5.91 Å². The van der Waals surface area contributed by atoms with Crippen molar-refractivity contribution in [3.63, 3.8) is 0 Å². The Bertz CT molecular complexity index is 765. The zero-order chi connectivity index (χ0) is 15.4. The first-order valence-corrected chi connectivity index (χ1v) is 6.79.